The summed E-state index contributed by atoms with van der Waals surface area (Å²) in [6.07, 6.45) is -3.26. The number of hydrogen-bond donors (Lipinski definition) is 2. The number of ether oxygens (including phenoxy) is 2. The van der Waals surface area contributed by atoms with Gasteiger partial charge in [0.2, 0.25) is 11.8 Å². The van der Waals surface area contributed by atoms with Gasteiger partial charge in [-0.3, -0.25) is 4.79 Å². The molecule has 0 unspecified atom stereocenters. The molecule has 1 saturated heterocycles. The maximum Gasteiger partial charge on any atom is 0.422 e. The highest BCUT2D eigenvalue weighted by Gasteiger charge is 2.29. The van der Waals surface area contributed by atoms with Crippen LogP contribution >= 0.6 is 24.8 Å². The van der Waals surface area contributed by atoms with Crippen LogP contribution in [0.15, 0.2) is 18.3 Å². The smallest absolute Gasteiger partial charge is 0.422 e. The van der Waals surface area contributed by atoms with Gasteiger partial charge in [-0.1, -0.05) is 6.07 Å². The minimum Gasteiger partial charge on any atom is -0.468 e. The van der Waals surface area contributed by atoms with Crippen LogP contribution in [0.2, 0.25) is 0 Å². The summed E-state index contributed by atoms with van der Waals surface area (Å²) in [5.41, 5.74) is 0.655. The molecule has 0 aliphatic carbocycles. The highest BCUT2D eigenvalue weighted by molar-refractivity contribution is 5.85. The van der Waals surface area contributed by atoms with Crippen molar-refractivity contribution >= 4 is 30.7 Å². The largest absolute Gasteiger partial charge is 0.468 e. The first-order valence-electron chi connectivity index (χ1n) is 7.12. The third-order valence-electron chi connectivity index (χ3n) is 3.25. The quantitative estimate of drug-likeness (QED) is 0.781. The second-order valence-corrected chi connectivity index (χ2v) is 5.13. The fourth-order valence-corrected chi connectivity index (χ4v) is 2.08. The minimum atomic E-state index is -4.40. The van der Waals surface area contributed by atoms with Crippen molar-refractivity contribution in [1.82, 2.24) is 15.6 Å². The molecule has 1 fully saturated rings. The highest BCUT2D eigenvalue weighted by Crippen LogP contribution is 2.17. The number of hydrogen-bond acceptors (Lipinski definition) is 5. The second kappa shape index (κ2) is 10.6. The Balaban J connectivity index is 0.00000288. The number of rotatable bonds is 5. The van der Waals surface area contributed by atoms with Gasteiger partial charge < -0.3 is 20.1 Å². The molecule has 1 aliphatic heterocycles. The number of morpholine rings is 1. The number of halogens is 5. The van der Waals surface area contributed by atoms with Gasteiger partial charge in [0.15, 0.2) is 6.61 Å². The van der Waals surface area contributed by atoms with Crippen molar-refractivity contribution in [2.24, 2.45) is 0 Å². The van der Waals surface area contributed by atoms with Gasteiger partial charge >= 0.3 is 6.18 Å². The molecule has 144 valence electrons. The van der Waals surface area contributed by atoms with Crippen molar-refractivity contribution in [3.05, 3.63) is 23.9 Å². The Hall–Kier alpha value is -1.29. The molecule has 0 radical (unpaired) electrons. The first-order chi connectivity index (χ1) is 10.8. The number of nitrogens with one attached hydrogen (secondary N) is 2. The molecule has 25 heavy (non-hydrogen) atoms. The van der Waals surface area contributed by atoms with Crippen molar-refractivity contribution in [1.29, 1.82) is 0 Å². The molecule has 1 aliphatic rings. The zero-order valence-corrected chi connectivity index (χ0v) is 15.0. The van der Waals surface area contributed by atoms with E-state index >= 15 is 0 Å². The van der Waals surface area contributed by atoms with Crippen molar-refractivity contribution in [2.75, 3.05) is 19.8 Å². The standard InChI is InChI=1S/C14H18F3N3O3.2ClH/c1-9-12(18-4-5-22-9)13(21)20-7-10-2-3-11(19-6-10)23-8-14(15,16)17;;/h2-3,6,9,12,18H,4-5,7-8H2,1H3,(H,20,21);2*1H/t9-,12+;;/m1../s1. The molecule has 1 aromatic rings. The van der Waals surface area contributed by atoms with Gasteiger partial charge in [0.1, 0.15) is 6.04 Å². The summed E-state index contributed by atoms with van der Waals surface area (Å²) in [7, 11) is 0. The second-order valence-electron chi connectivity index (χ2n) is 5.13. The van der Waals surface area contributed by atoms with E-state index in [1.54, 1.807) is 6.07 Å². The van der Waals surface area contributed by atoms with Crippen LogP contribution in [0.5, 0.6) is 5.88 Å². The summed E-state index contributed by atoms with van der Waals surface area (Å²) < 4.78 is 46.0. The maximum atomic E-state index is 12.0. The van der Waals surface area contributed by atoms with Crippen LogP contribution in [0.1, 0.15) is 12.5 Å². The van der Waals surface area contributed by atoms with Gasteiger partial charge in [0.05, 0.1) is 12.7 Å². The average molecular weight is 406 g/mol. The van der Waals surface area contributed by atoms with Crippen molar-refractivity contribution in [3.63, 3.8) is 0 Å². The molecule has 0 bridgehead atoms. The number of nitrogens with zero attached hydrogens (tertiary/aromatic N) is 1. The Morgan fingerprint density at radius 1 is 1.44 bits per heavy atom. The lowest BCUT2D eigenvalue weighted by atomic mass is 10.1. The van der Waals surface area contributed by atoms with Crippen LogP contribution in [0.4, 0.5) is 13.2 Å². The van der Waals surface area contributed by atoms with Gasteiger partial charge in [0, 0.05) is 25.4 Å². The predicted octanol–water partition coefficient (Wildman–Crippen LogP) is 1.86. The average Bonchev–Trinajstić information content (AvgIpc) is 2.51. The fraction of sp³-hybridized carbons (Fsp3) is 0.571. The van der Waals surface area contributed by atoms with Crippen molar-refractivity contribution in [3.8, 4) is 5.88 Å². The van der Waals surface area contributed by atoms with E-state index in [0.29, 0.717) is 18.7 Å². The van der Waals surface area contributed by atoms with Gasteiger partial charge in [-0.15, -0.1) is 24.8 Å². The van der Waals surface area contributed by atoms with Crippen molar-refractivity contribution < 1.29 is 27.4 Å². The number of aromatic nitrogens is 1. The monoisotopic (exact) mass is 405 g/mol. The van der Waals surface area contributed by atoms with E-state index in [4.69, 9.17) is 4.74 Å². The molecule has 2 heterocycles. The van der Waals surface area contributed by atoms with E-state index in [2.05, 4.69) is 20.4 Å². The molecule has 2 atom stereocenters. The lowest BCUT2D eigenvalue weighted by Gasteiger charge is -2.29. The molecule has 11 heteroatoms. The van der Waals surface area contributed by atoms with Crippen molar-refractivity contribution in [2.45, 2.75) is 31.8 Å². The SMILES string of the molecule is C[C@H]1OCCN[C@@H]1C(=O)NCc1ccc(OCC(F)(F)F)nc1.Cl.Cl. The van der Waals surface area contributed by atoms with Gasteiger partial charge in [0.25, 0.3) is 0 Å². The molecule has 1 amide bonds. The molecular weight excluding hydrogens is 386 g/mol. The zero-order chi connectivity index (χ0) is 16.9. The van der Waals surface area contributed by atoms with Crippen LogP contribution in [0.25, 0.3) is 0 Å². The van der Waals surface area contributed by atoms with E-state index in [9.17, 15) is 18.0 Å². The Morgan fingerprint density at radius 3 is 2.72 bits per heavy atom. The maximum absolute atomic E-state index is 12.0. The van der Waals surface area contributed by atoms with E-state index in [-0.39, 0.29) is 49.2 Å². The molecule has 0 aromatic carbocycles. The molecule has 6 nitrogen and oxygen atoms in total. The molecular formula is C14H20Cl2F3N3O3. The van der Waals surface area contributed by atoms with Crippen LogP contribution in [-0.4, -0.2) is 49.0 Å². The molecule has 1 aromatic heterocycles. The lowest BCUT2D eigenvalue weighted by Crippen LogP contribution is -2.55. The molecule has 2 rings (SSSR count). The summed E-state index contributed by atoms with van der Waals surface area (Å²) in [6.45, 7) is 1.81. The fourth-order valence-electron chi connectivity index (χ4n) is 2.08. The third kappa shape index (κ3) is 8.08. The predicted molar refractivity (Wildman–Crippen MR) is 89.3 cm³/mol. The van der Waals surface area contributed by atoms with E-state index in [1.165, 1.54) is 12.3 Å². The number of amides is 1. The van der Waals surface area contributed by atoms with E-state index < -0.39 is 18.8 Å². The van der Waals surface area contributed by atoms with Crippen LogP contribution in [0.3, 0.4) is 0 Å². The number of carbonyl (C=O) groups excluding carboxylic acids is 1. The lowest BCUT2D eigenvalue weighted by molar-refractivity contribution is -0.154. The third-order valence-corrected chi connectivity index (χ3v) is 3.25. The van der Waals surface area contributed by atoms with E-state index in [0.717, 1.165) is 0 Å². The Kier molecular flexibility index (Phi) is 10.1. The van der Waals surface area contributed by atoms with Crippen LogP contribution < -0.4 is 15.4 Å². The Labute approximate surface area is 155 Å². The molecule has 0 saturated carbocycles. The highest BCUT2D eigenvalue weighted by atomic mass is 35.5. The number of carbonyl (C=O) groups is 1. The first-order valence-corrected chi connectivity index (χ1v) is 7.12. The minimum absolute atomic E-state index is 0. The molecule has 0 spiro atoms. The summed E-state index contributed by atoms with van der Waals surface area (Å²) in [5.74, 6) is -0.317. The van der Waals surface area contributed by atoms with Gasteiger partial charge in [-0.05, 0) is 12.5 Å². The Bertz CT molecular complexity index is 532. The summed E-state index contributed by atoms with van der Waals surface area (Å²) >= 11 is 0. The topological polar surface area (TPSA) is 72.5 Å². The van der Waals surface area contributed by atoms with E-state index in [1.807, 2.05) is 6.92 Å². The normalized spacial score (nSPS) is 20.0. The summed E-state index contributed by atoms with van der Waals surface area (Å²) in [5, 5.41) is 5.80. The van der Waals surface area contributed by atoms with Gasteiger partial charge in [-0.2, -0.15) is 13.2 Å². The summed E-state index contributed by atoms with van der Waals surface area (Å²) in [4.78, 5) is 15.8. The Morgan fingerprint density at radius 2 is 2.16 bits per heavy atom. The van der Waals surface area contributed by atoms with Crippen LogP contribution in [-0.2, 0) is 16.1 Å². The molecule has 2 N–H and O–H groups in total. The summed E-state index contributed by atoms with van der Waals surface area (Å²) in [6, 6.07) is 2.46. The number of pyridine rings is 1. The zero-order valence-electron chi connectivity index (χ0n) is 13.3. The first kappa shape index (κ1) is 23.7. The van der Waals surface area contributed by atoms with Crippen LogP contribution in [0, 0.1) is 0 Å². The van der Waals surface area contributed by atoms with Gasteiger partial charge in [-0.25, -0.2) is 4.98 Å². The number of alkyl halides is 3.